The van der Waals surface area contributed by atoms with Crippen molar-refractivity contribution in [2.24, 2.45) is 10.2 Å². The summed E-state index contributed by atoms with van der Waals surface area (Å²) >= 11 is 1.35. The Labute approximate surface area is 109 Å². The SMILES string of the molecule is CCOc1ccc(/C=N/N=C2/NC(=O)CS2)cc1. The largest absolute Gasteiger partial charge is 0.494 e. The summed E-state index contributed by atoms with van der Waals surface area (Å²) in [6.07, 6.45) is 1.63. The van der Waals surface area contributed by atoms with Crippen LogP contribution in [0.3, 0.4) is 0 Å². The maximum Gasteiger partial charge on any atom is 0.236 e. The lowest BCUT2D eigenvalue weighted by molar-refractivity contribution is -0.116. The normalized spacial score (nSPS) is 17.4. The van der Waals surface area contributed by atoms with Crippen LogP contribution in [0.25, 0.3) is 0 Å². The van der Waals surface area contributed by atoms with Gasteiger partial charge in [-0.15, -0.1) is 5.10 Å². The quantitative estimate of drug-likeness (QED) is 0.663. The van der Waals surface area contributed by atoms with Crippen molar-refractivity contribution in [2.75, 3.05) is 12.4 Å². The van der Waals surface area contributed by atoms with Gasteiger partial charge in [0.05, 0.1) is 18.6 Å². The fourth-order valence-electron chi connectivity index (χ4n) is 1.34. The predicted molar refractivity (Wildman–Crippen MR) is 73.2 cm³/mol. The molecule has 5 nitrogen and oxygen atoms in total. The van der Waals surface area contributed by atoms with Crippen LogP contribution in [-0.2, 0) is 4.79 Å². The van der Waals surface area contributed by atoms with E-state index in [9.17, 15) is 4.79 Å². The number of benzene rings is 1. The number of nitrogens with one attached hydrogen (secondary N) is 1. The number of carbonyl (C=O) groups excluding carboxylic acids is 1. The van der Waals surface area contributed by atoms with Gasteiger partial charge in [-0.2, -0.15) is 5.10 Å². The standard InChI is InChI=1S/C12H13N3O2S/c1-2-17-10-5-3-9(4-6-10)7-13-15-12-14-11(16)8-18-12/h3-7H,2,8H2,1H3,(H,14,15,16)/b13-7+. The first-order valence-corrected chi connectivity index (χ1v) is 6.53. The molecule has 0 radical (unpaired) electrons. The second-order valence-electron chi connectivity index (χ2n) is 3.49. The van der Waals surface area contributed by atoms with Crippen molar-refractivity contribution in [2.45, 2.75) is 6.92 Å². The lowest BCUT2D eigenvalue weighted by Gasteiger charge is -2.01. The molecule has 0 saturated carbocycles. The maximum absolute atomic E-state index is 10.9. The Morgan fingerprint density at radius 2 is 2.22 bits per heavy atom. The summed E-state index contributed by atoms with van der Waals surface area (Å²) in [6, 6.07) is 7.55. The Hall–Kier alpha value is -1.82. The Bertz CT molecular complexity index is 483. The smallest absolute Gasteiger partial charge is 0.236 e. The average Bonchev–Trinajstić information content (AvgIpc) is 2.78. The number of rotatable bonds is 4. The molecular weight excluding hydrogens is 250 g/mol. The van der Waals surface area contributed by atoms with Crippen LogP contribution in [0.5, 0.6) is 5.75 Å². The second kappa shape index (κ2) is 6.20. The minimum Gasteiger partial charge on any atom is -0.494 e. The first-order chi connectivity index (χ1) is 8.78. The van der Waals surface area contributed by atoms with Gasteiger partial charge in [-0.25, -0.2) is 0 Å². The van der Waals surface area contributed by atoms with Crippen LogP contribution in [0.4, 0.5) is 0 Å². The van der Waals surface area contributed by atoms with Crippen LogP contribution in [-0.4, -0.2) is 29.6 Å². The number of hydrogen-bond acceptors (Lipinski definition) is 5. The molecule has 94 valence electrons. The number of thioether (sulfide) groups is 1. The summed E-state index contributed by atoms with van der Waals surface area (Å²) in [7, 11) is 0. The van der Waals surface area contributed by atoms with E-state index in [-0.39, 0.29) is 5.91 Å². The summed E-state index contributed by atoms with van der Waals surface area (Å²) < 4.78 is 5.34. The molecule has 1 aromatic rings. The molecular formula is C12H13N3O2S. The average molecular weight is 263 g/mol. The molecule has 1 heterocycles. The lowest BCUT2D eigenvalue weighted by atomic mass is 10.2. The molecule has 1 aliphatic rings. The zero-order valence-corrected chi connectivity index (χ0v) is 10.7. The molecule has 2 rings (SSSR count). The molecule has 0 aliphatic carbocycles. The molecule has 6 heteroatoms. The van der Waals surface area contributed by atoms with Crippen LogP contribution in [0.2, 0.25) is 0 Å². The van der Waals surface area contributed by atoms with Gasteiger partial charge in [-0.1, -0.05) is 11.8 Å². The molecule has 0 spiro atoms. The number of ether oxygens (including phenoxy) is 1. The van der Waals surface area contributed by atoms with Gasteiger partial charge in [0, 0.05) is 0 Å². The van der Waals surface area contributed by atoms with Gasteiger partial charge in [0.25, 0.3) is 0 Å². The Balaban J connectivity index is 1.94. The van der Waals surface area contributed by atoms with Crippen LogP contribution < -0.4 is 10.1 Å². The number of amides is 1. The second-order valence-corrected chi connectivity index (χ2v) is 4.45. The van der Waals surface area contributed by atoms with Crippen molar-refractivity contribution in [3.63, 3.8) is 0 Å². The highest BCUT2D eigenvalue weighted by Gasteiger charge is 2.15. The van der Waals surface area contributed by atoms with Crippen molar-refractivity contribution in [1.82, 2.24) is 5.32 Å². The van der Waals surface area contributed by atoms with E-state index in [0.29, 0.717) is 17.5 Å². The summed E-state index contributed by atoms with van der Waals surface area (Å²) in [5.74, 6) is 1.21. The number of carbonyl (C=O) groups is 1. The molecule has 1 aliphatic heterocycles. The third-order valence-electron chi connectivity index (χ3n) is 2.13. The third kappa shape index (κ3) is 3.59. The van der Waals surface area contributed by atoms with Gasteiger partial charge in [0.15, 0.2) is 5.17 Å². The summed E-state index contributed by atoms with van der Waals surface area (Å²) in [5.41, 5.74) is 0.928. The van der Waals surface area contributed by atoms with Gasteiger partial charge in [0.1, 0.15) is 5.75 Å². The minimum absolute atomic E-state index is 0.0324. The molecule has 18 heavy (non-hydrogen) atoms. The van der Waals surface area contributed by atoms with E-state index in [1.807, 2.05) is 31.2 Å². The molecule has 0 unspecified atom stereocenters. The molecule has 0 bridgehead atoms. The maximum atomic E-state index is 10.9. The van der Waals surface area contributed by atoms with Gasteiger partial charge < -0.3 is 10.1 Å². The van der Waals surface area contributed by atoms with Crippen LogP contribution in [0.1, 0.15) is 12.5 Å². The van der Waals surface area contributed by atoms with Crippen LogP contribution >= 0.6 is 11.8 Å². The van der Waals surface area contributed by atoms with Gasteiger partial charge in [0.2, 0.25) is 5.91 Å². The van der Waals surface area contributed by atoms with E-state index in [4.69, 9.17) is 4.74 Å². The number of hydrogen-bond donors (Lipinski definition) is 1. The molecule has 1 saturated heterocycles. The summed E-state index contributed by atoms with van der Waals surface area (Å²) in [6.45, 7) is 2.59. The summed E-state index contributed by atoms with van der Waals surface area (Å²) in [4.78, 5) is 10.9. The molecule has 1 amide bonds. The van der Waals surface area contributed by atoms with E-state index < -0.39 is 0 Å². The molecule has 1 aromatic carbocycles. The Morgan fingerprint density at radius 1 is 1.44 bits per heavy atom. The number of nitrogens with zero attached hydrogens (tertiary/aromatic N) is 2. The predicted octanol–water partition coefficient (Wildman–Crippen LogP) is 1.64. The topological polar surface area (TPSA) is 63.1 Å². The van der Waals surface area contributed by atoms with Gasteiger partial charge >= 0.3 is 0 Å². The Morgan fingerprint density at radius 3 is 2.83 bits per heavy atom. The van der Waals surface area contributed by atoms with Crippen molar-refractivity contribution < 1.29 is 9.53 Å². The molecule has 0 aromatic heterocycles. The molecule has 0 atom stereocenters. The first-order valence-electron chi connectivity index (χ1n) is 5.54. The van der Waals surface area contributed by atoms with E-state index in [1.165, 1.54) is 11.8 Å². The zero-order chi connectivity index (χ0) is 12.8. The molecule has 1 fully saturated rings. The van der Waals surface area contributed by atoms with Gasteiger partial charge in [-0.3, -0.25) is 4.79 Å². The third-order valence-corrected chi connectivity index (χ3v) is 3.00. The van der Waals surface area contributed by atoms with Crippen molar-refractivity contribution in [3.05, 3.63) is 29.8 Å². The van der Waals surface area contributed by atoms with Crippen LogP contribution in [0, 0.1) is 0 Å². The highest BCUT2D eigenvalue weighted by atomic mass is 32.2. The van der Waals surface area contributed by atoms with E-state index in [2.05, 4.69) is 15.5 Å². The fourth-order valence-corrected chi connectivity index (χ4v) is 1.97. The van der Waals surface area contributed by atoms with Gasteiger partial charge in [-0.05, 0) is 36.8 Å². The first kappa shape index (κ1) is 12.6. The van der Waals surface area contributed by atoms with Crippen LogP contribution in [0.15, 0.2) is 34.5 Å². The van der Waals surface area contributed by atoms with E-state index in [1.54, 1.807) is 6.21 Å². The Kier molecular flexibility index (Phi) is 4.35. The zero-order valence-electron chi connectivity index (χ0n) is 9.92. The van der Waals surface area contributed by atoms with E-state index in [0.717, 1.165) is 11.3 Å². The number of amidine groups is 1. The minimum atomic E-state index is -0.0324. The highest BCUT2D eigenvalue weighted by molar-refractivity contribution is 8.15. The summed E-state index contributed by atoms with van der Waals surface area (Å²) in [5, 5.41) is 11.0. The van der Waals surface area contributed by atoms with Crippen molar-refractivity contribution >= 4 is 29.1 Å². The molecule has 1 N–H and O–H groups in total. The monoisotopic (exact) mass is 263 g/mol. The lowest BCUT2D eigenvalue weighted by Crippen LogP contribution is -2.19. The van der Waals surface area contributed by atoms with E-state index >= 15 is 0 Å². The van der Waals surface area contributed by atoms with Crippen molar-refractivity contribution in [3.8, 4) is 5.75 Å². The fraction of sp³-hybridized carbons (Fsp3) is 0.250. The van der Waals surface area contributed by atoms with Crippen molar-refractivity contribution in [1.29, 1.82) is 0 Å². The highest BCUT2D eigenvalue weighted by Crippen LogP contribution is 2.11.